The summed E-state index contributed by atoms with van der Waals surface area (Å²) in [5.74, 6) is -0.277. The molecule has 0 radical (unpaired) electrons. The lowest BCUT2D eigenvalue weighted by Crippen LogP contribution is -2.38. The van der Waals surface area contributed by atoms with Crippen molar-refractivity contribution in [3.8, 4) is 5.75 Å². The van der Waals surface area contributed by atoms with Gasteiger partial charge in [-0.15, -0.1) is 11.3 Å². The molecule has 0 saturated heterocycles. The Labute approximate surface area is 183 Å². The Morgan fingerprint density at radius 1 is 1.23 bits per heavy atom. The highest BCUT2D eigenvalue weighted by atomic mass is 32.1. The number of benzene rings is 2. The predicted molar refractivity (Wildman–Crippen MR) is 118 cm³/mol. The van der Waals surface area contributed by atoms with Crippen LogP contribution in [-0.2, 0) is 16.8 Å². The number of thiazole rings is 1. The third-order valence-corrected chi connectivity index (χ3v) is 5.78. The van der Waals surface area contributed by atoms with E-state index in [2.05, 4.69) is 31.1 Å². The zero-order valence-electron chi connectivity index (χ0n) is 17.4. The molecule has 3 aromatic rings. The third-order valence-electron chi connectivity index (χ3n) is 4.95. The lowest BCUT2D eigenvalue weighted by molar-refractivity contribution is -0.121. The molecule has 4 rings (SSSR count). The average Bonchev–Trinajstić information content (AvgIpc) is 3.20. The summed E-state index contributed by atoms with van der Waals surface area (Å²) in [4.78, 5) is 31.1. The zero-order valence-corrected chi connectivity index (χ0v) is 18.3. The van der Waals surface area contributed by atoms with Gasteiger partial charge in [0.25, 0.3) is 11.8 Å². The number of halogens is 1. The first-order valence-electron chi connectivity index (χ1n) is 9.80. The van der Waals surface area contributed by atoms with Crippen molar-refractivity contribution in [3.05, 3.63) is 69.9 Å². The van der Waals surface area contributed by atoms with E-state index >= 15 is 0 Å². The maximum Gasteiger partial charge on any atom is 0.275 e. The zero-order chi connectivity index (χ0) is 22.2. The van der Waals surface area contributed by atoms with Crippen LogP contribution in [0.4, 0.5) is 15.8 Å². The number of hydrogen-bond acceptors (Lipinski definition) is 5. The van der Waals surface area contributed by atoms with Gasteiger partial charge in [0, 0.05) is 11.1 Å². The van der Waals surface area contributed by atoms with Gasteiger partial charge >= 0.3 is 0 Å². The van der Waals surface area contributed by atoms with Gasteiger partial charge < -0.3 is 10.1 Å². The summed E-state index contributed by atoms with van der Waals surface area (Å²) in [5.41, 5.74) is 2.44. The van der Waals surface area contributed by atoms with Gasteiger partial charge in [0.15, 0.2) is 6.61 Å². The van der Waals surface area contributed by atoms with E-state index in [1.165, 1.54) is 35.6 Å². The van der Waals surface area contributed by atoms with Gasteiger partial charge in [-0.3, -0.25) is 14.5 Å². The quantitative estimate of drug-likeness (QED) is 0.636. The number of carbonyl (C=O) groups excluding carboxylic acids is 2. The molecule has 160 valence electrons. The van der Waals surface area contributed by atoms with Crippen molar-refractivity contribution in [1.29, 1.82) is 0 Å². The number of amides is 2. The summed E-state index contributed by atoms with van der Waals surface area (Å²) in [6.45, 7) is 6.54. The smallest absolute Gasteiger partial charge is 0.275 e. The monoisotopic (exact) mass is 439 g/mol. The SMILES string of the molecule is CC(C)(C)c1ccc2c(c1)N(Cc1nc(C(=O)Nc3ccc(F)cc3)cs1)C(=O)CO2. The molecule has 2 heterocycles. The van der Waals surface area contributed by atoms with E-state index in [0.717, 1.165) is 5.56 Å². The van der Waals surface area contributed by atoms with Crippen LogP contribution < -0.4 is 15.0 Å². The van der Waals surface area contributed by atoms with Gasteiger partial charge in [-0.25, -0.2) is 9.37 Å². The third kappa shape index (κ3) is 4.59. The highest BCUT2D eigenvalue weighted by Crippen LogP contribution is 2.37. The number of ether oxygens (including phenoxy) is 1. The number of carbonyl (C=O) groups is 2. The number of nitrogens with zero attached hydrogens (tertiary/aromatic N) is 2. The lowest BCUT2D eigenvalue weighted by Gasteiger charge is -2.30. The van der Waals surface area contributed by atoms with Crippen molar-refractivity contribution >= 4 is 34.5 Å². The number of rotatable bonds is 4. The van der Waals surface area contributed by atoms with Crippen molar-refractivity contribution in [3.63, 3.8) is 0 Å². The highest BCUT2D eigenvalue weighted by molar-refractivity contribution is 7.09. The predicted octanol–water partition coefficient (Wildman–Crippen LogP) is 4.76. The maximum absolute atomic E-state index is 13.0. The van der Waals surface area contributed by atoms with Gasteiger partial charge in [-0.2, -0.15) is 0 Å². The summed E-state index contributed by atoms with van der Waals surface area (Å²) in [6.07, 6.45) is 0. The minimum Gasteiger partial charge on any atom is -0.482 e. The van der Waals surface area contributed by atoms with Crippen LogP contribution in [0.25, 0.3) is 0 Å². The topological polar surface area (TPSA) is 71.5 Å². The molecular formula is C23H22FN3O3S. The molecule has 0 aliphatic carbocycles. The van der Waals surface area contributed by atoms with Crippen molar-refractivity contribution < 1.29 is 18.7 Å². The molecule has 6 nitrogen and oxygen atoms in total. The van der Waals surface area contributed by atoms with Gasteiger partial charge in [-0.05, 0) is 47.4 Å². The summed E-state index contributed by atoms with van der Waals surface area (Å²) in [7, 11) is 0. The summed E-state index contributed by atoms with van der Waals surface area (Å²) in [5, 5.41) is 4.96. The molecule has 0 unspecified atom stereocenters. The van der Waals surface area contributed by atoms with Gasteiger partial charge in [-0.1, -0.05) is 26.8 Å². The minimum absolute atomic E-state index is 0.0366. The maximum atomic E-state index is 13.0. The van der Waals surface area contributed by atoms with E-state index in [1.807, 2.05) is 18.2 Å². The standard InChI is InChI=1S/C23H22FN3O3S/c1-23(2,3)14-4-9-19-18(10-14)27(21(28)12-30-19)11-20-26-17(13-31-20)22(29)25-16-7-5-15(24)6-8-16/h4-10,13H,11-12H2,1-3H3,(H,25,29). The number of aromatic nitrogens is 1. The molecule has 1 N–H and O–H groups in total. The second-order valence-electron chi connectivity index (χ2n) is 8.29. The van der Waals surface area contributed by atoms with E-state index in [4.69, 9.17) is 4.74 Å². The van der Waals surface area contributed by atoms with Crippen LogP contribution in [0.1, 0.15) is 41.8 Å². The Hall–Kier alpha value is -3.26. The molecule has 0 fully saturated rings. The van der Waals surface area contributed by atoms with Crippen LogP contribution in [0.2, 0.25) is 0 Å². The summed E-state index contributed by atoms with van der Waals surface area (Å²) >= 11 is 1.30. The Balaban J connectivity index is 1.54. The van der Waals surface area contributed by atoms with E-state index in [0.29, 0.717) is 22.1 Å². The molecule has 0 bridgehead atoms. The number of fused-ring (bicyclic) bond motifs is 1. The Bertz CT molecular complexity index is 1140. The van der Waals surface area contributed by atoms with Crippen LogP contribution in [0, 0.1) is 5.82 Å². The second kappa shape index (κ2) is 8.11. The molecule has 0 saturated carbocycles. The molecule has 1 aliphatic rings. The lowest BCUT2D eigenvalue weighted by atomic mass is 9.86. The van der Waals surface area contributed by atoms with Gasteiger partial charge in [0.1, 0.15) is 22.3 Å². The van der Waals surface area contributed by atoms with Crippen LogP contribution in [0.15, 0.2) is 47.8 Å². The summed E-state index contributed by atoms with van der Waals surface area (Å²) in [6, 6.07) is 11.4. The highest BCUT2D eigenvalue weighted by Gasteiger charge is 2.28. The molecule has 2 aromatic carbocycles. The first-order chi connectivity index (χ1) is 14.7. The summed E-state index contributed by atoms with van der Waals surface area (Å²) < 4.78 is 18.6. The largest absolute Gasteiger partial charge is 0.482 e. The molecule has 2 amide bonds. The number of nitrogens with one attached hydrogen (secondary N) is 1. The Morgan fingerprint density at radius 2 is 1.97 bits per heavy atom. The molecule has 0 spiro atoms. The second-order valence-corrected chi connectivity index (χ2v) is 9.23. The number of hydrogen-bond donors (Lipinski definition) is 1. The average molecular weight is 440 g/mol. The Morgan fingerprint density at radius 3 is 2.68 bits per heavy atom. The van der Waals surface area contributed by atoms with Gasteiger partial charge in [0.05, 0.1) is 12.2 Å². The van der Waals surface area contributed by atoms with E-state index in [9.17, 15) is 14.0 Å². The fourth-order valence-corrected chi connectivity index (χ4v) is 3.96. The first kappa shape index (κ1) is 21.0. The van der Waals surface area contributed by atoms with E-state index in [1.54, 1.807) is 10.3 Å². The van der Waals surface area contributed by atoms with Crippen molar-refractivity contribution in [2.24, 2.45) is 0 Å². The molecule has 31 heavy (non-hydrogen) atoms. The number of anilines is 2. The van der Waals surface area contributed by atoms with Gasteiger partial charge in [0.2, 0.25) is 0 Å². The normalized spacial score (nSPS) is 13.5. The first-order valence-corrected chi connectivity index (χ1v) is 10.7. The van der Waals surface area contributed by atoms with Crippen molar-refractivity contribution in [1.82, 2.24) is 4.98 Å². The van der Waals surface area contributed by atoms with Crippen LogP contribution in [-0.4, -0.2) is 23.4 Å². The van der Waals surface area contributed by atoms with Crippen LogP contribution in [0.5, 0.6) is 5.75 Å². The Kier molecular flexibility index (Phi) is 5.49. The molecule has 1 aromatic heterocycles. The fraction of sp³-hybridized carbons (Fsp3) is 0.261. The van der Waals surface area contributed by atoms with E-state index in [-0.39, 0.29) is 36.0 Å². The van der Waals surface area contributed by atoms with Crippen molar-refractivity contribution in [2.45, 2.75) is 32.7 Å². The molecular weight excluding hydrogens is 417 g/mol. The van der Waals surface area contributed by atoms with Crippen LogP contribution >= 0.6 is 11.3 Å². The molecule has 8 heteroatoms. The van der Waals surface area contributed by atoms with Crippen LogP contribution in [0.3, 0.4) is 0 Å². The fourth-order valence-electron chi connectivity index (χ4n) is 3.19. The van der Waals surface area contributed by atoms with E-state index < -0.39 is 5.91 Å². The molecule has 0 atom stereocenters. The van der Waals surface area contributed by atoms with Crippen molar-refractivity contribution in [2.75, 3.05) is 16.8 Å². The molecule has 1 aliphatic heterocycles. The minimum atomic E-state index is -0.391.